The first kappa shape index (κ1) is 9.09. The summed E-state index contributed by atoms with van der Waals surface area (Å²) in [6.07, 6.45) is 0. The summed E-state index contributed by atoms with van der Waals surface area (Å²) < 4.78 is 0. The zero-order valence-corrected chi connectivity index (χ0v) is 6.60. The fourth-order valence-corrected chi connectivity index (χ4v) is 0.204. The summed E-state index contributed by atoms with van der Waals surface area (Å²) in [6, 6.07) is 0. The first-order valence-electron chi connectivity index (χ1n) is 3.10. The van der Waals surface area contributed by atoms with Crippen LogP contribution in [0.3, 0.4) is 0 Å². The summed E-state index contributed by atoms with van der Waals surface area (Å²) in [7, 11) is 6.83. The molecule has 0 bridgehead atoms. The molecule has 0 aliphatic rings. The molecule has 0 aromatic carbocycles. The summed E-state index contributed by atoms with van der Waals surface area (Å²) >= 11 is 0. The number of aliphatic hydroxyl groups is 1. The van der Waals surface area contributed by atoms with Crippen LogP contribution in [-0.4, -0.2) is 25.6 Å². The molecule has 0 atom stereocenters. The number of rotatable bonds is 2. The molecule has 49 valence electrons. The number of hydrogen-bond donors (Lipinski definition) is 1. The lowest BCUT2D eigenvalue weighted by Crippen LogP contribution is -2.37. The lowest BCUT2D eigenvalue weighted by atomic mass is 9.36. The molecule has 1 N–H and O–H groups in total. The molecule has 0 aliphatic carbocycles. The first-order chi connectivity index (χ1) is 3.81. The monoisotopic (exact) mass is 123 g/mol. The second kappa shape index (κ2) is 2.37. The van der Waals surface area contributed by atoms with Crippen molar-refractivity contribution in [3.8, 4) is 0 Å². The Kier molecular flexibility index (Phi) is 2.40. The van der Waals surface area contributed by atoms with Crippen LogP contribution in [-0.2, 0) is 0 Å². The molecule has 0 aromatic rings. The third-order valence-corrected chi connectivity index (χ3v) is 1.99. The van der Waals surface area contributed by atoms with Gasteiger partial charge in [-0.05, 0) is 19.2 Å². The van der Waals surface area contributed by atoms with Gasteiger partial charge in [0, 0.05) is 7.74 Å². The Bertz CT molecular complexity index is 93.7. The normalized spacial score (nSPS) is 13.4. The lowest BCUT2D eigenvalue weighted by molar-refractivity contribution is 0.0414. The minimum absolute atomic E-state index is 0.312. The highest BCUT2D eigenvalue weighted by molar-refractivity contribution is 6.91. The first-order valence-corrected chi connectivity index (χ1v) is 3.10. The SMILES string of the molecule is [B][B]C(C)(C)C(C)(C)O. The van der Waals surface area contributed by atoms with Crippen molar-refractivity contribution >= 4 is 14.9 Å². The van der Waals surface area contributed by atoms with Gasteiger partial charge < -0.3 is 5.11 Å². The quantitative estimate of drug-likeness (QED) is 0.536. The molecule has 9 heavy (non-hydrogen) atoms. The Balaban J connectivity index is 4.14. The van der Waals surface area contributed by atoms with Crippen molar-refractivity contribution in [3.05, 3.63) is 0 Å². The summed E-state index contributed by atoms with van der Waals surface area (Å²) in [6.45, 7) is 7.28. The van der Waals surface area contributed by atoms with Crippen molar-refractivity contribution in [2.45, 2.75) is 38.6 Å². The second-order valence-electron chi connectivity index (χ2n) is 3.45. The van der Waals surface area contributed by atoms with E-state index in [1.807, 2.05) is 13.8 Å². The molecule has 0 saturated heterocycles. The average Bonchev–Trinajstić information content (AvgIpc) is 1.64. The van der Waals surface area contributed by atoms with Gasteiger partial charge in [0.15, 0.2) is 0 Å². The molecular formula is C6H13B2O. The zero-order valence-electron chi connectivity index (χ0n) is 6.60. The van der Waals surface area contributed by atoms with Gasteiger partial charge in [0.25, 0.3) is 0 Å². The van der Waals surface area contributed by atoms with Crippen LogP contribution in [0.15, 0.2) is 0 Å². The van der Waals surface area contributed by atoms with Gasteiger partial charge in [-0.3, -0.25) is 0 Å². The van der Waals surface area contributed by atoms with Crippen molar-refractivity contribution in [3.63, 3.8) is 0 Å². The van der Waals surface area contributed by atoms with Gasteiger partial charge in [-0.15, -0.1) is 0 Å². The average molecular weight is 123 g/mol. The maximum atomic E-state index is 9.43. The Labute approximate surface area is 59.5 Å². The van der Waals surface area contributed by atoms with E-state index in [4.69, 9.17) is 7.74 Å². The summed E-state index contributed by atoms with van der Waals surface area (Å²) in [5.74, 6) is 0. The van der Waals surface area contributed by atoms with Crippen molar-refractivity contribution in [2.75, 3.05) is 0 Å². The summed E-state index contributed by atoms with van der Waals surface area (Å²) in [5, 5.41) is 9.12. The molecule has 0 amide bonds. The van der Waals surface area contributed by atoms with Crippen LogP contribution in [0.25, 0.3) is 0 Å². The van der Waals surface area contributed by atoms with E-state index in [2.05, 4.69) is 0 Å². The van der Waals surface area contributed by atoms with Gasteiger partial charge in [0.05, 0.1) is 12.8 Å². The zero-order chi connectivity index (χ0) is 7.71. The predicted molar refractivity (Wildman–Crippen MR) is 41.8 cm³/mol. The Morgan fingerprint density at radius 1 is 1.22 bits per heavy atom. The number of hydrogen-bond acceptors (Lipinski definition) is 1. The molecule has 0 rings (SSSR count). The molecule has 3 radical (unpaired) electrons. The highest BCUT2D eigenvalue weighted by Crippen LogP contribution is 2.35. The van der Waals surface area contributed by atoms with Gasteiger partial charge >= 0.3 is 0 Å². The smallest absolute Gasteiger partial charge is 0.0660 e. The van der Waals surface area contributed by atoms with Crippen LogP contribution < -0.4 is 0 Å². The Morgan fingerprint density at radius 2 is 1.56 bits per heavy atom. The van der Waals surface area contributed by atoms with Gasteiger partial charge in [0.2, 0.25) is 0 Å². The van der Waals surface area contributed by atoms with Crippen molar-refractivity contribution in [2.24, 2.45) is 0 Å². The molecule has 0 heterocycles. The fraction of sp³-hybridized carbons (Fsp3) is 1.00. The predicted octanol–water partition coefficient (Wildman–Crippen LogP) is 0.743. The van der Waals surface area contributed by atoms with Crippen LogP contribution in [0.5, 0.6) is 0 Å². The van der Waals surface area contributed by atoms with Crippen LogP contribution in [0.1, 0.15) is 27.7 Å². The van der Waals surface area contributed by atoms with E-state index in [9.17, 15) is 5.11 Å². The summed E-state index contributed by atoms with van der Waals surface area (Å²) in [4.78, 5) is 0. The minimum atomic E-state index is -0.734. The molecule has 0 aliphatic heterocycles. The highest BCUT2D eigenvalue weighted by atomic mass is 16.3. The van der Waals surface area contributed by atoms with Gasteiger partial charge in [-0.25, -0.2) is 0 Å². The van der Waals surface area contributed by atoms with E-state index in [0.29, 0.717) is 0 Å². The Hall–Kier alpha value is 0.0899. The third kappa shape index (κ3) is 2.05. The topological polar surface area (TPSA) is 20.2 Å². The van der Waals surface area contributed by atoms with E-state index in [0.717, 1.165) is 0 Å². The molecule has 0 unspecified atom stereocenters. The van der Waals surface area contributed by atoms with E-state index in [1.54, 1.807) is 13.8 Å². The maximum absolute atomic E-state index is 9.43. The molecule has 0 saturated carbocycles. The lowest BCUT2D eigenvalue weighted by Gasteiger charge is -2.36. The van der Waals surface area contributed by atoms with Crippen molar-refractivity contribution in [1.82, 2.24) is 0 Å². The van der Waals surface area contributed by atoms with E-state index in [-0.39, 0.29) is 5.31 Å². The largest absolute Gasteiger partial charge is 0.391 e. The molecule has 0 fully saturated rings. The van der Waals surface area contributed by atoms with Crippen LogP contribution in [0.4, 0.5) is 0 Å². The van der Waals surface area contributed by atoms with Gasteiger partial charge in [-0.1, -0.05) is 13.8 Å². The molecular weight excluding hydrogens is 110 g/mol. The van der Waals surface area contributed by atoms with Crippen LogP contribution in [0, 0.1) is 0 Å². The van der Waals surface area contributed by atoms with Crippen LogP contribution in [0.2, 0.25) is 5.31 Å². The molecule has 0 spiro atoms. The van der Waals surface area contributed by atoms with E-state index >= 15 is 0 Å². The van der Waals surface area contributed by atoms with Gasteiger partial charge in [0.1, 0.15) is 0 Å². The molecule has 1 nitrogen and oxygen atoms in total. The van der Waals surface area contributed by atoms with Crippen molar-refractivity contribution < 1.29 is 5.11 Å². The van der Waals surface area contributed by atoms with Gasteiger partial charge in [-0.2, -0.15) is 0 Å². The second-order valence-corrected chi connectivity index (χ2v) is 3.45. The maximum Gasteiger partial charge on any atom is 0.0660 e. The standard InChI is InChI=1S/C6H13B2O/c1-5(2,8-7)6(3,4)9/h9H,1-4H3. The minimum Gasteiger partial charge on any atom is -0.391 e. The van der Waals surface area contributed by atoms with Crippen LogP contribution >= 0.6 is 0 Å². The molecule has 0 aromatic heterocycles. The van der Waals surface area contributed by atoms with E-state index < -0.39 is 5.60 Å². The summed E-state index contributed by atoms with van der Waals surface area (Å²) in [5.41, 5.74) is -0.734. The van der Waals surface area contributed by atoms with Crippen molar-refractivity contribution in [1.29, 1.82) is 0 Å². The highest BCUT2D eigenvalue weighted by Gasteiger charge is 2.32. The fourth-order valence-electron chi connectivity index (χ4n) is 0.204. The van der Waals surface area contributed by atoms with E-state index in [1.165, 1.54) is 7.17 Å². The molecule has 3 heteroatoms. The Morgan fingerprint density at radius 3 is 1.56 bits per heavy atom. The third-order valence-electron chi connectivity index (χ3n) is 1.99.